The van der Waals surface area contributed by atoms with Gasteiger partial charge in [-0.2, -0.15) is 4.98 Å². The average Bonchev–Trinajstić information content (AvgIpc) is 2.23. The molecule has 0 amide bonds. The third kappa shape index (κ3) is 3.00. The van der Waals surface area contributed by atoms with Crippen LogP contribution in [0.15, 0.2) is 18.2 Å². The van der Waals surface area contributed by atoms with Gasteiger partial charge in [0.25, 0.3) is 0 Å². The molecular formula is C9H8Cl2N5Na. The van der Waals surface area contributed by atoms with Crippen LogP contribution in [0.1, 0.15) is 0 Å². The Balaban J connectivity index is 0.00000144. The predicted molar refractivity (Wildman–Crippen MR) is 71.3 cm³/mol. The zero-order valence-electron chi connectivity index (χ0n) is 7.98. The third-order valence-electron chi connectivity index (χ3n) is 1.94. The van der Waals surface area contributed by atoms with E-state index in [1.165, 1.54) is 0 Å². The van der Waals surface area contributed by atoms with E-state index in [1.807, 2.05) is 0 Å². The normalized spacial score (nSPS) is 9.76. The fraction of sp³-hybridized carbons (Fsp3) is 0. The van der Waals surface area contributed by atoms with E-state index in [4.69, 9.17) is 34.7 Å². The predicted octanol–water partition coefficient (Wildman–Crippen LogP) is 1.36. The summed E-state index contributed by atoms with van der Waals surface area (Å²) in [5.41, 5.74) is 12.0. The van der Waals surface area contributed by atoms with Crippen molar-refractivity contribution in [1.29, 1.82) is 0 Å². The number of halogens is 2. The van der Waals surface area contributed by atoms with Gasteiger partial charge in [-0.1, -0.05) is 35.3 Å². The van der Waals surface area contributed by atoms with Crippen molar-refractivity contribution in [2.75, 3.05) is 11.5 Å². The van der Waals surface area contributed by atoms with Crippen molar-refractivity contribution in [2.45, 2.75) is 0 Å². The Morgan fingerprint density at radius 1 is 1.06 bits per heavy atom. The summed E-state index contributed by atoms with van der Waals surface area (Å²) in [6.07, 6.45) is 0. The number of hydrogen-bond acceptors (Lipinski definition) is 5. The van der Waals surface area contributed by atoms with Gasteiger partial charge in [-0.05, 0) is 6.07 Å². The van der Waals surface area contributed by atoms with Gasteiger partial charge >= 0.3 is 29.6 Å². The van der Waals surface area contributed by atoms with Crippen LogP contribution in [0.3, 0.4) is 0 Å². The second-order valence-electron chi connectivity index (χ2n) is 3.01. The Morgan fingerprint density at radius 2 is 1.76 bits per heavy atom. The summed E-state index contributed by atoms with van der Waals surface area (Å²) in [5, 5.41) is 8.24. The molecule has 0 radical (unpaired) electrons. The van der Waals surface area contributed by atoms with Crippen molar-refractivity contribution >= 4 is 64.5 Å². The molecule has 5 nitrogen and oxygen atoms in total. The fourth-order valence-corrected chi connectivity index (χ4v) is 1.62. The summed E-state index contributed by atoms with van der Waals surface area (Å²) in [6, 6.07) is 5.13. The maximum atomic E-state index is 6.03. The molecule has 0 fully saturated rings. The Kier molecular flexibility index (Phi) is 4.97. The van der Waals surface area contributed by atoms with E-state index in [9.17, 15) is 0 Å². The first-order chi connectivity index (χ1) is 7.59. The molecule has 0 spiro atoms. The van der Waals surface area contributed by atoms with Gasteiger partial charge in [-0.3, -0.25) is 0 Å². The van der Waals surface area contributed by atoms with Gasteiger partial charge in [0, 0.05) is 5.56 Å². The van der Waals surface area contributed by atoms with E-state index < -0.39 is 0 Å². The first kappa shape index (κ1) is 14.5. The minimum absolute atomic E-state index is 0. The molecule has 84 valence electrons. The molecule has 1 aromatic heterocycles. The van der Waals surface area contributed by atoms with Crippen molar-refractivity contribution in [3.8, 4) is 11.3 Å². The standard InChI is InChI=1S/C9H7Cl2N5.Na.H/c10-5-3-1-2-4(6(5)11)7-8(12)14-9(13)16-15-7;;/h1-3H,(H4,12,13,14,16);;. The van der Waals surface area contributed by atoms with E-state index >= 15 is 0 Å². The van der Waals surface area contributed by atoms with Crippen molar-refractivity contribution in [2.24, 2.45) is 0 Å². The molecule has 17 heavy (non-hydrogen) atoms. The SMILES string of the molecule is Nc1nnc(-c2cccc(Cl)c2Cl)c(N)n1.[NaH]. The van der Waals surface area contributed by atoms with Gasteiger partial charge in [0.15, 0.2) is 5.82 Å². The quantitative estimate of drug-likeness (QED) is 0.770. The number of nitrogens with two attached hydrogens (primary N) is 2. The van der Waals surface area contributed by atoms with Gasteiger partial charge in [-0.25, -0.2) is 0 Å². The second kappa shape index (κ2) is 5.84. The molecule has 0 unspecified atom stereocenters. The third-order valence-corrected chi connectivity index (χ3v) is 2.76. The van der Waals surface area contributed by atoms with Crippen LogP contribution in [0.4, 0.5) is 11.8 Å². The van der Waals surface area contributed by atoms with Gasteiger partial charge in [-0.15, -0.1) is 10.2 Å². The maximum absolute atomic E-state index is 6.03. The fourth-order valence-electron chi connectivity index (χ4n) is 1.23. The number of nitrogen functional groups attached to an aromatic ring is 2. The Labute approximate surface area is 130 Å². The molecule has 0 aliphatic heterocycles. The number of anilines is 2. The topological polar surface area (TPSA) is 90.7 Å². The van der Waals surface area contributed by atoms with E-state index in [2.05, 4.69) is 15.2 Å². The van der Waals surface area contributed by atoms with Crippen molar-refractivity contribution in [1.82, 2.24) is 15.2 Å². The summed E-state index contributed by atoms with van der Waals surface area (Å²) in [6.45, 7) is 0. The molecule has 0 saturated carbocycles. The molecule has 4 N–H and O–H groups in total. The molecular weight excluding hydrogens is 272 g/mol. The first-order valence-corrected chi connectivity index (χ1v) is 5.05. The van der Waals surface area contributed by atoms with Gasteiger partial charge in [0.2, 0.25) is 5.95 Å². The van der Waals surface area contributed by atoms with Crippen LogP contribution in [0, 0.1) is 0 Å². The number of aromatic nitrogens is 3. The minimum atomic E-state index is 0. The number of rotatable bonds is 1. The Bertz CT molecular complexity index is 549. The van der Waals surface area contributed by atoms with Gasteiger partial charge < -0.3 is 11.5 Å². The molecule has 1 heterocycles. The molecule has 2 aromatic rings. The van der Waals surface area contributed by atoms with Crippen LogP contribution >= 0.6 is 23.2 Å². The summed E-state index contributed by atoms with van der Waals surface area (Å²) in [7, 11) is 0. The molecule has 0 atom stereocenters. The van der Waals surface area contributed by atoms with Crippen LogP contribution in [-0.2, 0) is 0 Å². The molecule has 2 rings (SSSR count). The molecule has 1 aromatic carbocycles. The Hall–Kier alpha value is -0.590. The zero-order valence-corrected chi connectivity index (χ0v) is 9.50. The van der Waals surface area contributed by atoms with Crippen molar-refractivity contribution in [3.63, 3.8) is 0 Å². The first-order valence-electron chi connectivity index (χ1n) is 4.29. The van der Waals surface area contributed by atoms with Gasteiger partial charge in [0.05, 0.1) is 10.0 Å². The number of hydrogen-bond donors (Lipinski definition) is 2. The van der Waals surface area contributed by atoms with E-state index in [1.54, 1.807) is 18.2 Å². The van der Waals surface area contributed by atoms with E-state index in [-0.39, 0.29) is 41.3 Å². The van der Waals surface area contributed by atoms with E-state index in [0.29, 0.717) is 21.3 Å². The molecule has 0 aliphatic carbocycles. The monoisotopic (exact) mass is 279 g/mol. The van der Waals surface area contributed by atoms with Crippen LogP contribution in [0.5, 0.6) is 0 Å². The van der Waals surface area contributed by atoms with Crippen LogP contribution in [0.2, 0.25) is 10.0 Å². The van der Waals surface area contributed by atoms with Crippen LogP contribution in [-0.4, -0.2) is 44.7 Å². The van der Waals surface area contributed by atoms with Crippen LogP contribution < -0.4 is 11.5 Å². The van der Waals surface area contributed by atoms with Crippen LogP contribution in [0.25, 0.3) is 11.3 Å². The summed E-state index contributed by atoms with van der Waals surface area (Å²) >= 11 is 11.9. The second-order valence-corrected chi connectivity index (χ2v) is 3.79. The van der Waals surface area contributed by atoms with Crippen molar-refractivity contribution < 1.29 is 0 Å². The molecule has 0 bridgehead atoms. The number of benzene rings is 1. The Morgan fingerprint density at radius 3 is 2.41 bits per heavy atom. The van der Waals surface area contributed by atoms with Gasteiger partial charge in [0.1, 0.15) is 5.69 Å². The molecule has 0 saturated heterocycles. The van der Waals surface area contributed by atoms with E-state index in [0.717, 1.165) is 0 Å². The average molecular weight is 280 g/mol. The number of nitrogens with zero attached hydrogens (tertiary/aromatic N) is 3. The molecule has 8 heteroatoms. The summed E-state index contributed by atoms with van der Waals surface area (Å²) in [5.74, 6) is 0.177. The summed E-state index contributed by atoms with van der Waals surface area (Å²) in [4.78, 5) is 3.80. The summed E-state index contributed by atoms with van der Waals surface area (Å²) < 4.78 is 0. The van der Waals surface area contributed by atoms with Crippen molar-refractivity contribution in [3.05, 3.63) is 28.2 Å². The molecule has 0 aliphatic rings. The zero-order chi connectivity index (χ0) is 11.7.